The Bertz CT molecular complexity index is 424. The first kappa shape index (κ1) is 15.4. The number of rotatable bonds is 6. The summed E-state index contributed by atoms with van der Waals surface area (Å²) in [5.74, 6) is -0.224. The molecule has 19 heavy (non-hydrogen) atoms. The van der Waals surface area contributed by atoms with Crippen LogP contribution in [0.3, 0.4) is 0 Å². The van der Waals surface area contributed by atoms with Crippen LogP contribution in [-0.2, 0) is 11.2 Å². The van der Waals surface area contributed by atoms with Gasteiger partial charge in [-0.3, -0.25) is 4.99 Å². The first-order chi connectivity index (χ1) is 9.17. The Morgan fingerprint density at radius 1 is 1.26 bits per heavy atom. The zero-order valence-corrected chi connectivity index (χ0v) is 11.2. The predicted molar refractivity (Wildman–Crippen MR) is 71.3 cm³/mol. The van der Waals surface area contributed by atoms with E-state index < -0.39 is 11.6 Å². The van der Waals surface area contributed by atoms with Crippen molar-refractivity contribution in [1.82, 2.24) is 10.6 Å². The molecular weight excluding hydrogens is 252 g/mol. The molecule has 6 heteroatoms. The summed E-state index contributed by atoms with van der Waals surface area (Å²) in [4.78, 5) is 4.00. The van der Waals surface area contributed by atoms with E-state index >= 15 is 0 Å². The van der Waals surface area contributed by atoms with Gasteiger partial charge in [-0.25, -0.2) is 8.78 Å². The number of methoxy groups -OCH3 is 1. The van der Waals surface area contributed by atoms with Crippen LogP contribution in [0, 0.1) is 11.6 Å². The van der Waals surface area contributed by atoms with Crippen LogP contribution in [0.2, 0.25) is 0 Å². The van der Waals surface area contributed by atoms with E-state index in [1.807, 2.05) is 0 Å². The van der Waals surface area contributed by atoms with Gasteiger partial charge in [-0.15, -0.1) is 0 Å². The van der Waals surface area contributed by atoms with Crippen LogP contribution >= 0.6 is 0 Å². The molecule has 1 aromatic carbocycles. The van der Waals surface area contributed by atoms with Gasteiger partial charge >= 0.3 is 0 Å². The summed E-state index contributed by atoms with van der Waals surface area (Å²) in [6.07, 6.45) is 0.384. The van der Waals surface area contributed by atoms with Gasteiger partial charge in [0, 0.05) is 27.2 Å². The Morgan fingerprint density at radius 3 is 2.68 bits per heavy atom. The molecule has 0 fully saturated rings. The number of hydrogen-bond donors (Lipinski definition) is 2. The summed E-state index contributed by atoms with van der Waals surface area (Å²) < 4.78 is 31.2. The lowest BCUT2D eigenvalue weighted by Crippen LogP contribution is -2.39. The van der Waals surface area contributed by atoms with Crippen molar-refractivity contribution in [2.75, 3.05) is 33.9 Å². The second-order valence-corrected chi connectivity index (χ2v) is 3.90. The van der Waals surface area contributed by atoms with E-state index in [2.05, 4.69) is 15.6 Å². The van der Waals surface area contributed by atoms with Crippen molar-refractivity contribution in [1.29, 1.82) is 0 Å². The Hall–Kier alpha value is -1.69. The lowest BCUT2D eigenvalue weighted by Gasteiger charge is -2.11. The number of benzene rings is 1. The molecule has 0 heterocycles. The fourth-order valence-corrected chi connectivity index (χ4v) is 1.54. The van der Waals surface area contributed by atoms with E-state index in [1.165, 1.54) is 6.07 Å². The largest absolute Gasteiger partial charge is 0.383 e. The third-order valence-electron chi connectivity index (χ3n) is 2.52. The van der Waals surface area contributed by atoms with Gasteiger partial charge in [0.2, 0.25) is 0 Å². The zero-order chi connectivity index (χ0) is 14.1. The summed E-state index contributed by atoms with van der Waals surface area (Å²) in [6, 6.07) is 3.45. The van der Waals surface area contributed by atoms with Gasteiger partial charge in [0.25, 0.3) is 0 Å². The summed E-state index contributed by atoms with van der Waals surface area (Å²) in [5.41, 5.74) is 0.347. The van der Waals surface area contributed by atoms with E-state index in [4.69, 9.17) is 4.74 Å². The molecule has 0 radical (unpaired) electrons. The fourth-order valence-electron chi connectivity index (χ4n) is 1.54. The van der Waals surface area contributed by atoms with Crippen LogP contribution in [0.1, 0.15) is 5.56 Å². The molecule has 0 aliphatic rings. The summed E-state index contributed by atoms with van der Waals surface area (Å²) in [5, 5.41) is 6.05. The molecule has 0 saturated heterocycles. The lowest BCUT2D eigenvalue weighted by atomic mass is 10.1. The third-order valence-corrected chi connectivity index (χ3v) is 2.52. The maximum Gasteiger partial charge on any atom is 0.191 e. The average molecular weight is 271 g/mol. The highest BCUT2D eigenvalue weighted by atomic mass is 19.1. The third kappa shape index (κ3) is 5.65. The topological polar surface area (TPSA) is 45.7 Å². The number of nitrogens with zero attached hydrogens (tertiary/aromatic N) is 1. The minimum atomic E-state index is -0.431. The molecule has 0 spiro atoms. The molecule has 0 amide bonds. The van der Waals surface area contributed by atoms with Gasteiger partial charge in [0.15, 0.2) is 5.96 Å². The minimum absolute atomic E-state index is 0.347. The highest BCUT2D eigenvalue weighted by Gasteiger charge is 2.04. The minimum Gasteiger partial charge on any atom is -0.383 e. The van der Waals surface area contributed by atoms with Gasteiger partial charge in [0.1, 0.15) is 11.6 Å². The van der Waals surface area contributed by atoms with Crippen molar-refractivity contribution in [2.45, 2.75) is 6.42 Å². The molecule has 106 valence electrons. The molecule has 0 aliphatic heterocycles. The molecule has 0 unspecified atom stereocenters. The van der Waals surface area contributed by atoms with Crippen molar-refractivity contribution in [3.05, 3.63) is 35.4 Å². The number of guanidine groups is 1. The molecule has 0 saturated carbocycles. The fraction of sp³-hybridized carbons (Fsp3) is 0.462. The molecule has 1 rings (SSSR count). The number of nitrogens with one attached hydrogen (secondary N) is 2. The Kier molecular flexibility index (Phi) is 6.81. The van der Waals surface area contributed by atoms with Crippen molar-refractivity contribution < 1.29 is 13.5 Å². The van der Waals surface area contributed by atoms with Crippen molar-refractivity contribution >= 4 is 5.96 Å². The lowest BCUT2D eigenvalue weighted by molar-refractivity contribution is 0.203. The first-order valence-electron chi connectivity index (χ1n) is 6.04. The Labute approximate surface area is 111 Å². The van der Waals surface area contributed by atoms with Crippen molar-refractivity contribution in [3.63, 3.8) is 0 Å². The second-order valence-electron chi connectivity index (χ2n) is 3.90. The number of aliphatic imine (C=N–C) groups is 1. The molecule has 0 bridgehead atoms. The summed E-state index contributed by atoms with van der Waals surface area (Å²) >= 11 is 0. The van der Waals surface area contributed by atoms with Crippen LogP contribution in [0.15, 0.2) is 23.2 Å². The molecule has 0 atom stereocenters. The van der Waals surface area contributed by atoms with E-state index in [0.717, 1.165) is 12.1 Å². The summed E-state index contributed by atoms with van der Waals surface area (Å²) in [6.45, 7) is 1.66. The molecule has 0 aliphatic carbocycles. The van der Waals surface area contributed by atoms with Gasteiger partial charge in [-0.05, 0) is 30.2 Å². The summed E-state index contributed by atoms with van der Waals surface area (Å²) in [7, 11) is 3.26. The van der Waals surface area contributed by atoms with E-state index in [-0.39, 0.29) is 0 Å². The van der Waals surface area contributed by atoms with Crippen molar-refractivity contribution in [3.8, 4) is 0 Å². The highest BCUT2D eigenvalue weighted by molar-refractivity contribution is 5.79. The second kappa shape index (κ2) is 8.42. The predicted octanol–water partition coefficient (Wildman–Crippen LogP) is 1.32. The number of halogens is 2. The van der Waals surface area contributed by atoms with Crippen LogP contribution in [0.5, 0.6) is 0 Å². The number of ether oxygens (including phenoxy) is 1. The Balaban J connectivity index is 2.38. The highest BCUT2D eigenvalue weighted by Crippen LogP contribution is 2.09. The van der Waals surface area contributed by atoms with Crippen molar-refractivity contribution in [2.24, 2.45) is 4.99 Å². The molecular formula is C13H19F2N3O. The smallest absolute Gasteiger partial charge is 0.191 e. The van der Waals surface area contributed by atoms with E-state index in [1.54, 1.807) is 14.2 Å². The van der Waals surface area contributed by atoms with Crippen LogP contribution in [-0.4, -0.2) is 39.8 Å². The molecule has 4 nitrogen and oxygen atoms in total. The Morgan fingerprint density at radius 2 is 2.00 bits per heavy atom. The normalized spacial score (nSPS) is 11.5. The van der Waals surface area contributed by atoms with E-state index in [0.29, 0.717) is 37.6 Å². The first-order valence-corrected chi connectivity index (χ1v) is 6.04. The average Bonchev–Trinajstić information content (AvgIpc) is 2.41. The van der Waals surface area contributed by atoms with E-state index in [9.17, 15) is 8.78 Å². The van der Waals surface area contributed by atoms with Gasteiger partial charge in [0.05, 0.1) is 6.61 Å². The maximum absolute atomic E-state index is 13.4. The molecule has 0 aromatic heterocycles. The van der Waals surface area contributed by atoms with Gasteiger partial charge in [-0.1, -0.05) is 0 Å². The van der Waals surface area contributed by atoms with Gasteiger partial charge < -0.3 is 15.4 Å². The van der Waals surface area contributed by atoms with Gasteiger partial charge in [-0.2, -0.15) is 0 Å². The monoisotopic (exact) mass is 271 g/mol. The number of hydrogen-bond acceptors (Lipinski definition) is 2. The van der Waals surface area contributed by atoms with Crippen LogP contribution in [0.25, 0.3) is 0 Å². The standard InChI is InChI=1S/C13H19F2N3O/c1-16-13(18-7-8-19-2)17-6-5-10-9-11(14)3-4-12(10)15/h3-4,9H,5-8H2,1-2H3,(H2,16,17,18). The van der Waals surface area contributed by atoms with Crippen LogP contribution < -0.4 is 10.6 Å². The SMILES string of the molecule is CN=C(NCCOC)NCCc1cc(F)ccc1F. The quantitative estimate of drug-likeness (QED) is 0.466. The molecule has 2 N–H and O–H groups in total. The molecule has 1 aromatic rings. The maximum atomic E-state index is 13.4. The zero-order valence-electron chi connectivity index (χ0n) is 11.2. The van der Waals surface area contributed by atoms with Crippen LogP contribution in [0.4, 0.5) is 8.78 Å².